The third kappa shape index (κ3) is 8.18. The van der Waals surface area contributed by atoms with Gasteiger partial charge in [0.2, 0.25) is 5.76 Å². The summed E-state index contributed by atoms with van der Waals surface area (Å²) < 4.78 is 10.5. The van der Waals surface area contributed by atoms with Crippen molar-refractivity contribution < 1.29 is 14.3 Å². The molecule has 1 rings (SSSR count). The molecule has 0 aliphatic heterocycles. The molecule has 0 aliphatic carbocycles. The van der Waals surface area contributed by atoms with Crippen molar-refractivity contribution in [3.8, 4) is 5.75 Å². The zero-order valence-electron chi connectivity index (χ0n) is 13.0. The fourth-order valence-corrected chi connectivity index (χ4v) is 1.98. The van der Waals surface area contributed by atoms with Crippen molar-refractivity contribution in [2.75, 3.05) is 6.61 Å². The Morgan fingerprint density at radius 2 is 1.62 bits per heavy atom. The molecule has 0 atom stereocenters. The van der Waals surface area contributed by atoms with Gasteiger partial charge in [0.15, 0.2) is 0 Å². The van der Waals surface area contributed by atoms with Gasteiger partial charge in [-0.15, -0.1) is 0 Å². The first-order chi connectivity index (χ1) is 10.2. The molecule has 0 heterocycles. The van der Waals surface area contributed by atoms with Crippen LogP contribution >= 0.6 is 0 Å². The summed E-state index contributed by atoms with van der Waals surface area (Å²) in [5.74, 6) is 0.143. The second-order valence-electron chi connectivity index (χ2n) is 5.10. The highest BCUT2D eigenvalue weighted by Gasteiger charge is 2.10. The van der Waals surface area contributed by atoms with Crippen molar-refractivity contribution in [1.82, 2.24) is 0 Å². The van der Waals surface area contributed by atoms with Crippen LogP contribution in [0.15, 0.2) is 42.7 Å². The lowest BCUT2D eigenvalue weighted by atomic mass is 10.1. The molecule has 116 valence electrons. The van der Waals surface area contributed by atoms with Gasteiger partial charge < -0.3 is 9.47 Å². The van der Waals surface area contributed by atoms with E-state index in [9.17, 15) is 4.79 Å². The van der Waals surface area contributed by atoms with Crippen LogP contribution in [0.5, 0.6) is 5.75 Å². The summed E-state index contributed by atoms with van der Waals surface area (Å²) in [5, 5.41) is 0. The number of hydrogen-bond donors (Lipinski definition) is 0. The Morgan fingerprint density at radius 1 is 1.00 bits per heavy atom. The minimum absolute atomic E-state index is 0.0316. The Morgan fingerprint density at radius 3 is 2.29 bits per heavy atom. The Hall–Kier alpha value is -1.77. The van der Waals surface area contributed by atoms with Gasteiger partial charge in [-0.3, -0.25) is 0 Å². The molecular formula is C18H26O3. The maximum absolute atomic E-state index is 11.7. The summed E-state index contributed by atoms with van der Waals surface area (Å²) in [6.45, 7) is 6.25. The Kier molecular flexibility index (Phi) is 9.01. The molecule has 0 N–H and O–H groups in total. The van der Waals surface area contributed by atoms with Crippen molar-refractivity contribution in [3.05, 3.63) is 42.7 Å². The lowest BCUT2D eigenvalue weighted by molar-refractivity contribution is -0.141. The molecule has 0 fully saturated rings. The molecule has 21 heavy (non-hydrogen) atoms. The molecule has 0 spiro atoms. The van der Waals surface area contributed by atoms with Crippen LogP contribution in [-0.4, -0.2) is 12.6 Å². The van der Waals surface area contributed by atoms with Crippen LogP contribution in [0.25, 0.3) is 0 Å². The summed E-state index contributed by atoms with van der Waals surface area (Å²) in [6.07, 6.45) is 8.36. The largest absolute Gasteiger partial charge is 0.460 e. The third-order valence-electron chi connectivity index (χ3n) is 3.19. The molecule has 1 aromatic rings. The standard InChI is InChI=1S/C18H26O3/c1-3-4-5-6-7-8-12-15-20-18(19)16(2)21-17-13-10-9-11-14-17/h9-11,13-14H,2-8,12,15H2,1H3. The third-order valence-corrected chi connectivity index (χ3v) is 3.19. The highest BCUT2D eigenvalue weighted by atomic mass is 16.6. The molecule has 0 aliphatic rings. The summed E-state index contributed by atoms with van der Waals surface area (Å²) in [4.78, 5) is 11.7. The van der Waals surface area contributed by atoms with Crippen LogP contribution in [-0.2, 0) is 9.53 Å². The normalized spacial score (nSPS) is 10.1. The van der Waals surface area contributed by atoms with Crippen molar-refractivity contribution in [2.24, 2.45) is 0 Å². The maximum atomic E-state index is 11.7. The fourth-order valence-electron chi connectivity index (χ4n) is 1.98. The number of ether oxygens (including phenoxy) is 2. The number of esters is 1. The predicted octanol–water partition coefficient (Wildman–Crippen LogP) is 4.87. The van der Waals surface area contributed by atoms with Crippen molar-refractivity contribution >= 4 is 5.97 Å². The van der Waals surface area contributed by atoms with E-state index in [4.69, 9.17) is 9.47 Å². The summed E-state index contributed by atoms with van der Waals surface area (Å²) in [5.41, 5.74) is 0. The minimum atomic E-state index is -0.482. The van der Waals surface area contributed by atoms with E-state index in [1.807, 2.05) is 18.2 Å². The van der Waals surface area contributed by atoms with Gasteiger partial charge in [-0.1, -0.05) is 63.6 Å². The van der Waals surface area contributed by atoms with Crippen LogP contribution in [0.4, 0.5) is 0 Å². The number of benzene rings is 1. The number of hydrogen-bond acceptors (Lipinski definition) is 3. The highest BCUT2D eigenvalue weighted by molar-refractivity contribution is 5.86. The Balaban J connectivity index is 2.06. The summed E-state index contributed by atoms with van der Waals surface area (Å²) in [6, 6.07) is 9.11. The molecule has 0 radical (unpaired) electrons. The molecule has 0 amide bonds. The van der Waals surface area contributed by atoms with Gasteiger partial charge >= 0.3 is 5.97 Å². The topological polar surface area (TPSA) is 35.5 Å². The number of rotatable bonds is 11. The van der Waals surface area contributed by atoms with E-state index in [1.54, 1.807) is 12.1 Å². The van der Waals surface area contributed by atoms with Gasteiger partial charge in [0.05, 0.1) is 6.61 Å². The van der Waals surface area contributed by atoms with Crippen molar-refractivity contribution in [1.29, 1.82) is 0 Å². The first kappa shape index (κ1) is 17.3. The smallest absolute Gasteiger partial charge is 0.373 e. The molecule has 3 nitrogen and oxygen atoms in total. The summed E-state index contributed by atoms with van der Waals surface area (Å²) in [7, 11) is 0. The molecule has 0 unspecified atom stereocenters. The lowest BCUT2D eigenvalue weighted by Crippen LogP contribution is -2.12. The van der Waals surface area contributed by atoms with Crippen molar-refractivity contribution in [2.45, 2.75) is 51.9 Å². The van der Waals surface area contributed by atoms with E-state index in [0.717, 1.165) is 12.8 Å². The summed E-state index contributed by atoms with van der Waals surface area (Å²) >= 11 is 0. The number of para-hydroxylation sites is 1. The molecule has 0 saturated carbocycles. The Labute approximate surface area is 128 Å². The zero-order valence-corrected chi connectivity index (χ0v) is 13.0. The minimum Gasteiger partial charge on any atom is -0.460 e. The van der Waals surface area contributed by atoms with E-state index >= 15 is 0 Å². The first-order valence-electron chi connectivity index (χ1n) is 7.83. The van der Waals surface area contributed by atoms with Crippen LogP contribution in [0.3, 0.4) is 0 Å². The molecular weight excluding hydrogens is 264 g/mol. The average Bonchev–Trinajstić information content (AvgIpc) is 2.50. The lowest BCUT2D eigenvalue weighted by Gasteiger charge is -2.08. The molecule has 0 bridgehead atoms. The van der Waals surface area contributed by atoms with Gasteiger partial charge in [-0.05, 0) is 25.1 Å². The Bertz CT molecular complexity index is 412. The molecule has 1 aromatic carbocycles. The van der Waals surface area contributed by atoms with Crippen LogP contribution < -0.4 is 4.74 Å². The number of unbranched alkanes of at least 4 members (excludes halogenated alkanes) is 6. The van der Waals surface area contributed by atoms with E-state index in [1.165, 1.54) is 32.1 Å². The molecule has 0 saturated heterocycles. The van der Waals surface area contributed by atoms with Crippen LogP contribution in [0.2, 0.25) is 0 Å². The zero-order chi connectivity index (χ0) is 15.3. The van der Waals surface area contributed by atoms with E-state index < -0.39 is 5.97 Å². The quantitative estimate of drug-likeness (QED) is 0.252. The SMILES string of the molecule is C=C(Oc1ccccc1)C(=O)OCCCCCCCCC. The number of carbonyl (C=O) groups excluding carboxylic acids is 1. The predicted molar refractivity (Wildman–Crippen MR) is 85.2 cm³/mol. The van der Waals surface area contributed by atoms with Crippen LogP contribution in [0.1, 0.15) is 51.9 Å². The maximum Gasteiger partial charge on any atom is 0.373 e. The second kappa shape index (κ2) is 11.0. The van der Waals surface area contributed by atoms with Gasteiger partial charge in [0, 0.05) is 0 Å². The fraction of sp³-hybridized carbons (Fsp3) is 0.500. The van der Waals surface area contributed by atoms with Gasteiger partial charge in [0.25, 0.3) is 0 Å². The highest BCUT2D eigenvalue weighted by Crippen LogP contribution is 2.13. The van der Waals surface area contributed by atoms with E-state index in [-0.39, 0.29) is 5.76 Å². The van der Waals surface area contributed by atoms with Gasteiger partial charge in [-0.25, -0.2) is 4.79 Å². The van der Waals surface area contributed by atoms with Crippen LogP contribution in [0, 0.1) is 0 Å². The van der Waals surface area contributed by atoms with E-state index in [2.05, 4.69) is 13.5 Å². The first-order valence-corrected chi connectivity index (χ1v) is 7.83. The molecule has 0 aromatic heterocycles. The van der Waals surface area contributed by atoms with Gasteiger partial charge in [0.1, 0.15) is 5.75 Å². The van der Waals surface area contributed by atoms with Gasteiger partial charge in [-0.2, -0.15) is 0 Å². The average molecular weight is 290 g/mol. The van der Waals surface area contributed by atoms with Crippen molar-refractivity contribution in [3.63, 3.8) is 0 Å². The monoisotopic (exact) mass is 290 g/mol. The number of carbonyl (C=O) groups is 1. The molecule has 3 heteroatoms. The van der Waals surface area contributed by atoms with E-state index in [0.29, 0.717) is 12.4 Å². The second-order valence-corrected chi connectivity index (χ2v) is 5.10.